The number of carbonyl (C=O) groups excluding carboxylic acids is 2. The van der Waals surface area contributed by atoms with Crippen LogP contribution in [0, 0.1) is 0 Å². The van der Waals surface area contributed by atoms with Gasteiger partial charge in [-0.3, -0.25) is 9.59 Å². The van der Waals surface area contributed by atoms with Gasteiger partial charge < -0.3 is 10.2 Å². The molecule has 166 valence electrons. The zero-order chi connectivity index (χ0) is 22.2. The van der Waals surface area contributed by atoms with Gasteiger partial charge in [-0.05, 0) is 49.2 Å². The summed E-state index contributed by atoms with van der Waals surface area (Å²) in [7, 11) is 1.87. The number of anilines is 1. The number of nitrogens with one attached hydrogen (secondary N) is 1. The van der Waals surface area contributed by atoms with Crippen molar-refractivity contribution in [2.45, 2.75) is 53.7 Å². The first-order valence-corrected chi connectivity index (χ1v) is 12.1. The van der Waals surface area contributed by atoms with Crippen molar-refractivity contribution in [3.63, 3.8) is 0 Å². The summed E-state index contributed by atoms with van der Waals surface area (Å²) in [5, 5.41) is 2.80. The lowest BCUT2D eigenvalue weighted by Crippen LogP contribution is -2.39. The van der Waals surface area contributed by atoms with Crippen LogP contribution in [0.3, 0.4) is 0 Å². The van der Waals surface area contributed by atoms with Crippen LogP contribution >= 0.6 is 23.5 Å². The van der Waals surface area contributed by atoms with E-state index in [1.165, 1.54) is 31.0 Å². The smallest absolute Gasteiger partial charge is 0.288 e. The second-order valence-electron chi connectivity index (χ2n) is 7.44. The Morgan fingerprint density at radius 1 is 1.06 bits per heavy atom. The summed E-state index contributed by atoms with van der Waals surface area (Å²) in [6.07, 6.45) is 5.69. The van der Waals surface area contributed by atoms with Crippen molar-refractivity contribution in [1.82, 2.24) is 4.90 Å². The minimum atomic E-state index is -2.48. The van der Waals surface area contributed by atoms with Crippen molar-refractivity contribution >= 4 is 41.0 Å². The largest absolute Gasteiger partial charge is 0.342 e. The summed E-state index contributed by atoms with van der Waals surface area (Å²) in [6, 6.07) is 13.8. The van der Waals surface area contributed by atoms with E-state index in [1.54, 1.807) is 36.4 Å². The van der Waals surface area contributed by atoms with Crippen molar-refractivity contribution < 1.29 is 18.4 Å². The van der Waals surface area contributed by atoms with Crippen LogP contribution in [0.25, 0.3) is 0 Å². The molecule has 0 aromatic heterocycles. The van der Waals surface area contributed by atoms with E-state index in [0.717, 1.165) is 17.7 Å². The molecule has 3 rings (SSSR count). The molecule has 0 saturated heterocycles. The van der Waals surface area contributed by atoms with Gasteiger partial charge in [0.15, 0.2) is 0 Å². The third kappa shape index (κ3) is 6.97. The summed E-state index contributed by atoms with van der Waals surface area (Å²) in [6.45, 7) is 0. The van der Waals surface area contributed by atoms with Gasteiger partial charge in [0.2, 0.25) is 5.91 Å². The van der Waals surface area contributed by atoms with E-state index < -0.39 is 5.76 Å². The zero-order valence-corrected chi connectivity index (χ0v) is 19.0. The quantitative estimate of drug-likeness (QED) is 0.477. The Morgan fingerprint density at radius 2 is 1.74 bits per heavy atom. The number of amides is 2. The molecule has 0 atom stereocenters. The highest BCUT2D eigenvalue weighted by Crippen LogP contribution is 2.28. The summed E-state index contributed by atoms with van der Waals surface area (Å²) in [5.74, 6) is -2.44. The second kappa shape index (κ2) is 11.5. The van der Waals surface area contributed by atoms with Crippen LogP contribution in [0.15, 0.2) is 58.3 Å². The zero-order valence-electron chi connectivity index (χ0n) is 17.4. The minimum absolute atomic E-state index is 0.0687. The lowest BCUT2D eigenvalue weighted by molar-refractivity contribution is -0.129. The lowest BCUT2D eigenvalue weighted by atomic mass is 9.94. The van der Waals surface area contributed by atoms with Gasteiger partial charge in [-0.2, -0.15) is 8.78 Å². The highest BCUT2D eigenvalue weighted by molar-refractivity contribution is 8.00. The van der Waals surface area contributed by atoms with E-state index in [0.29, 0.717) is 34.0 Å². The first kappa shape index (κ1) is 23.6. The van der Waals surface area contributed by atoms with Gasteiger partial charge in [-0.1, -0.05) is 43.2 Å². The SMILES string of the molecule is CN(C(=O)CSc1ccccc1C(=O)Nc1ccc(SC(F)F)cc1)C1CCCCC1. The molecule has 0 bridgehead atoms. The topological polar surface area (TPSA) is 49.4 Å². The van der Waals surface area contributed by atoms with Crippen molar-refractivity contribution in [2.75, 3.05) is 18.1 Å². The number of nitrogens with zero attached hydrogens (tertiary/aromatic N) is 1. The number of halogens is 2. The molecule has 1 aliphatic rings. The molecule has 0 spiro atoms. The maximum Gasteiger partial charge on any atom is 0.288 e. The molecule has 4 nitrogen and oxygen atoms in total. The van der Waals surface area contributed by atoms with Gasteiger partial charge in [0, 0.05) is 28.6 Å². The van der Waals surface area contributed by atoms with Crippen LogP contribution in [-0.4, -0.2) is 41.3 Å². The number of rotatable bonds is 8. The Balaban J connectivity index is 1.60. The van der Waals surface area contributed by atoms with E-state index >= 15 is 0 Å². The summed E-state index contributed by atoms with van der Waals surface area (Å²) < 4.78 is 24.9. The number of thioether (sulfide) groups is 2. The van der Waals surface area contributed by atoms with E-state index in [4.69, 9.17) is 0 Å². The molecule has 1 N–H and O–H groups in total. The normalized spacial score (nSPS) is 14.5. The summed E-state index contributed by atoms with van der Waals surface area (Å²) >= 11 is 1.82. The third-order valence-electron chi connectivity index (χ3n) is 5.34. The highest BCUT2D eigenvalue weighted by atomic mass is 32.2. The Hall–Kier alpha value is -2.06. The Kier molecular flexibility index (Phi) is 8.78. The fourth-order valence-electron chi connectivity index (χ4n) is 3.61. The molecule has 31 heavy (non-hydrogen) atoms. The molecule has 0 unspecified atom stereocenters. The maximum atomic E-state index is 12.8. The first-order chi connectivity index (χ1) is 14.9. The number of hydrogen-bond acceptors (Lipinski definition) is 4. The predicted molar refractivity (Wildman–Crippen MR) is 123 cm³/mol. The van der Waals surface area contributed by atoms with E-state index in [1.807, 2.05) is 24.1 Å². The first-order valence-electron chi connectivity index (χ1n) is 10.3. The second-order valence-corrected chi connectivity index (χ2v) is 9.52. The van der Waals surface area contributed by atoms with Gasteiger partial charge in [0.05, 0.1) is 11.3 Å². The summed E-state index contributed by atoms with van der Waals surface area (Å²) in [4.78, 5) is 28.4. The molecule has 1 saturated carbocycles. The number of hydrogen-bond donors (Lipinski definition) is 1. The Labute approximate surface area is 190 Å². The van der Waals surface area contributed by atoms with Crippen LogP contribution in [-0.2, 0) is 4.79 Å². The average molecular weight is 465 g/mol. The van der Waals surface area contributed by atoms with Crippen molar-refractivity contribution in [1.29, 1.82) is 0 Å². The van der Waals surface area contributed by atoms with E-state index in [2.05, 4.69) is 5.32 Å². The fourth-order valence-corrected chi connectivity index (χ4v) is 5.08. The molecule has 0 aliphatic heterocycles. The van der Waals surface area contributed by atoms with Crippen LogP contribution in [0.2, 0.25) is 0 Å². The molecule has 0 heterocycles. The molecule has 1 fully saturated rings. The van der Waals surface area contributed by atoms with E-state index in [-0.39, 0.29) is 17.6 Å². The van der Waals surface area contributed by atoms with Crippen LogP contribution in [0.1, 0.15) is 42.5 Å². The molecule has 8 heteroatoms. The molecule has 2 aromatic rings. The maximum absolute atomic E-state index is 12.8. The van der Waals surface area contributed by atoms with Crippen LogP contribution in [0.5, 0.6) is 0 Å². The fraction of sp³-hybridized carbons (Fsp3) is 0.391. The Morgan fingerprint density at radius 3 is 2.42 bits per heavy atom. The predicted octanol–water partition coefficient (Wildman–Crippen LogP) is 6.14. The molecular weight excluding hydrogens is 438 g/mol. The summed E-state index contributed by atoms with van der Waals surface area (Å²) in [5.41, 5.74) is 1.00. The number of benzene rings is 2. The van der Waals surface area contributed by atoms with Gasteiger partial charge >= 0.3 is 0 Å². The third-order valence-corrected chi connectivity index (χ3v) is 7.12. The Bertz CT molecular complexity index is 887. The number of carbonyl (C=O) groups is 2. The molecule has 2 aromatic carbocycles. The number of alkyl halides is 2. The van der Waals surface area contributed by atoms with Gasteiger partial charge in [0.25, 0.3) is 11.7 Å². The van der Waals surface area contributed by atoms with Crippen molar-refractivity contribution in [3.05, 3.63) is 54.1 Å². The molecule has 0 radical (unpaired) electrons. The lowest BCUT2D eigenvalue weighted by Gasteiger charge is -2.31. The van der Waals surface area contributed by atoms with Crippen LogP contribution in [0.4, 0.5) is 14.5 Å². The molecular formula is C23H26F2N2O2S2. The monoisotopic (exact) mass is 464 g/mol. The average Bonchev–Trinajstić information content (AvgIpc) is 2.78. The van der Waals surface area contributed by atoms with Crippen molar-refractivity contribution in [2.24, 2.45) is 0 Å². The standard InChI is InChI=1S/C23H26F2N2O2S2/c1-27(17-7-3-2-4-8-17)21(28)15-30-20-10-6-5-9-19(20)22(29)26-16-11-13-18(14-12-16)31-23(24)25/h5-6,9-14,17,23H,2-4,7-8,15H2,1H3,(H,26,29). The van der Waals surface area contributed by atoms with Gasteiger partial charge in [0.1, 0.15) is 0 Å². The van der Waals surface area contributed by atoms with Gasteiger partial charge in [-0.15, -0.1) is 11.8 Å². The highest BCUT2D eigenvalue weighted by Gasteiger charge is 2.22. The minimum Gasteiger partial charge on any atom is -0.342 e. The van der Waals surface area contributed by atoms with E-state index in [9.17, 15) is 18.4 Å². The van der Waals surface area contributed by atoms with Gasteiger partial charge in [-0.25, -0.2) is 0 Å². The van der Waals surface area contributed by atoms with Crippen molar-refractivity contribution in [3.8, 4) is 0 Å². The molecule has 2 amide bonds. The molecule has 1 aliphatic carbocycles. The van der Waals surface area contributed by atoms with Crippen LogP contribution < -0.4 is 5.32 Å².